The van der Waals surface area contributed by atoms with E-state index in [0.29, 0.717) is 6.54 Å². The average Bonchev–Trinajstić information content (AvgIpc) is 2.99. The Hall–Kier alpha value is -2.02. The molecule has 0 atom stereocenters. The van der Waals surface area contributed by atoms with Crippen LogP contribution in [0.1, 0.15) is 30.7 Å². The van der Waals surface area contributed by atoms with E-state index in [1.807, 2.05) is 34.7 Å². The Morgan fingerprint density at radius 2 is 1.92 bits per heavy atom. The van der Waals surface area contributed by atoms with Gasteiger partial charge in [-0.1, -0.05) is 42.1 Å². The first-order chi connectivity index (χ1) is 11.7. The van der Waals surface area contributed by atoms with Crippen molar-refractivity contribution in [2.75, 3.05) is 13.1 Å². The van der Waals surface area contributed by atoms with Gasteiger partial charge in [0.25, 0.3) is 0 Å². The van der Waals surface area contributed by atoms with Crippen LogP contribution in [0.2, 0.25) is 0 Å². The summed E-state index contributed by atoms with van der Waals surface area (Å²) in [6.45, 7) is 2.11. The van der Waals surface area contributed by atoms with Crippen molar-refractivity contribution < 1.29 is 4.79 Å². The summed E-state index contributed by atoms with van der Waals surface area (Å²) in [5.74, 6) is 1.63. The molecule has 1 fully saturated rings. The van der Waals surface area contributed by atoms with E-state index in [1.165, 1.54) is 12.0 Å². The molecule has 2 amide bonds. The van der Waals surface area contributed by atoms with E-state index in [1.54, 1.807) is 11.8 Å². The van der Waals surface area contributed by atoms with E-state index in [-0.39, 0.29) is 6.03 Å². The Bertz CT molecular complexity index is 667. The summed E-state index contributed by atoms with van der Waals surface area (Å²) in [4.78, 5) is 14.0. The number of hydrogen-bond acceptors (Lipinski definition) is 4. The SMILES string of the molecule is Cn1c(CNC(=O)N2CCCCC2)nnc1SCc1ccccc1. The molecule has 0 saturated carbocycles. The molecule has 24 heavy (non-hydrogen) atoms. The Labute approximate surface area is 146 Å². The summed E-state index contributed by atoms with van der Waals surface area (Å²) >= 11 is 1.65. The van der Waals surface area contributed by atoms with Crippen molar-refractivity contribution in [3.8, 4) is 0 Å². The van der Waals surface area contributed by atoms with Crippen molar-refractivity contribution in [3.05, 3.63) is 41.7 Å². The van der Waals surface area contributed by atoms with Gasteiger partial charge in [-0.05, 0) is 24.8 Å². The van der Waals surface area contributed by atoms with Crippen LogP contribution >= 0.6 is 11.8 Å². The second-order valence-corrected chi connectivity index (χ2v) is 6.88. The molecule has 0 unspecified atom stereocenters. The molecule has 7 heteroatoms. The number of carbonyl (C=O) groups excluding carboxylic acids is 1. The standard InChI is InChI=1S/C17H23N5OS/c1-21-15(12-18-16(23)22-10-6-3-7-11-22)19-20-17(21)24-13-14-8-4-2-5-9-14/h2,4-5,8-9H,3,6-7,10-13H2,1H3,(H,18,23). The van der Waals surface area contributed by atoms with Gasteiger partial charge in [0.15, 0.2) is 11.0 Å². The summed E-state index contributed by atoms with van der Waals surface area (Å²) in [6.07, 6.45) is 3.41. The number of likely N-dealkylation sites (tertiary alicyclic amines) is 1. The van der Waals surface area contributed by atoms with Crippen molar-refractivity contribution >= 4 is 17.8 Å². The number of rotatable bonds is 5. The molecule has 1 aromatic heterocycles. The van der Waals surface area contributed by atoms with E-state index in [4.69, 9.17) is 0 Å². The molecule has 0 radical (unpaired) electrons. The number of nitrogens with one attached hydrogen (secondary N) is 1. The smallest absolute Gasteiger partial charge is 0.317 e. The van der Waals surface area contributed by atoms with Crippen LogP contribution in [0.25, 0.3) is 0 Å². The van der Waals surface area contributed by atoms with Crippen LogP contribution < -0.4 is 5.32 Å². The average molecular weight is 345 g/mol. The third-order valence-corrected chi connectivity index (χ3v) is 5.27. The molecule has 1 saturated heterocycles. The van der Waals surface area contributed by atoms with E-state index in [2.05, 4.69) is 27.6 Å². The van der Waals surface area contributed by atoms with Crippen LogP contribution in [0.15, 0.2) is 35.5 Å². The van der Waals surface area contributed by atoms with E-state index >= 15 is 0 Å². The highest BCUT2D eigenvalue weighted by atomic mass is 32.2. The number of urea groups is 1. The maximum Gasteiger partial charge on any atom is 0.317 e. The minimum absolute atomic E-state index is 0.00353. The highest BCUT2D eigenvalue weighted by Gasteiger charge is 2.17. The van der Waals surface area contributed by atoms with E-state index in [9.17, 15) is 4.79 Å². The summed E-state index contributed by atoms with van der Waals surface area (Å²) in [5.41, 5.74) is 1.26. The number of piperidine rings is 1. The molecule has 0 bridgehead atoms. The topological polar surface area (TPSA) is 63.1 Å². The van der Waals surface area contributed by atoms with Crippen molar-refractivity contribution in [1.29, 1.82) is 0 Å². The highest BCUT2D eigenvalue weighted by molar-refractivity contribution is 7.98. The summed E-state index contributed by atoms with van der Waals surface area (Å²) in [6, 6.07) is 10.3. The molecule has 1 N–H and O–H groups in total. The Balaban J connectivity index is 1.51. The molecule has 2 heterocycles. The van der Waals surface area contributed by atoms with Crippen molar-refractivity contribution in [1.82, 2.24) is 25.0 Å². The minimum Gasteiger partial charge on any atom is -0.331 e. The monoisotopic (exact) mass is 345 g/mol. The number of nitrogens with zero attached hydrogens (tertiary/aromatic N) is 4. The predicted octanol–water partition coefficient (Wildman–Crippen LogP) is 2.80. The molecular formula is C17H23N5OS. The van der Waals surface area contributed by atoms with E-state index in [0.717, 1.165) is 42.7 Å². The zero-order chi connectivity index (χ0) is 16.8. The normalized spacial score (nSPS) is 14.6. The molecule has 0 spiro atoms. The lowest BCUT2D eigenvalue weighted by molar-refractivity contribution is 0.185. The number of thioether (sulfide) groups is 1. The maximum atomic E-state index is 12.2. The lowest BCUT2D eigenvalue weighted by Gasteiger charge is -2.26. The maximum absolute atomic E-state index is 12.2. The minimum atomic E-state index is -0.00353. The summed E-state index contributed by atoms with van der Waals surface area (Å²) in [7, 11) is 1.94. The fourth-order valence-corrected chi connectivity index (χ4v) is 3.60. The van der Waals surface area contributed by atoms with Gasteiger partial charge in [-0.25, -0.2) is 4.79 Å². The van der Waals surface area contributed by atoms with Gasteiger partial charge in [0.2, 0.25) is 0 Å². The molecule has 0 aliphatic carbocycles. The van der Waals surface area contributed by atoms with Crippen LogP contribution in [-0.2, 0) is 19.3 Å². The zero-order valence-corrected chi connectivity index (χ0v) is 14.8. The molecule has 1 aliphatic rings. The van der Waals surface area contributed by atoms with Crippen LogP contribution in [0.5, 0.6) is 0 Å². The molecule has 3 rings (SSSR count). The first-order valence-electron chi connectivity index (χ1n) is 8.32. The lowest BCUT2D eigenvalue weighted by atomic mass is 10.1. The number of amides is 2. The van der Waals surface area contributed by atoms with Gasteiger partial charge in [0, 0.05) is 25.9 Å². The summed E-state index contributed by atoms with van der Waals surface area (Å²) in [5, 5.41) is 12.2. The number of benzene rings is 1. The third kappa shape index (κ3) is 4.29. The second-order valence-electron chi connectivity index (χ2n) is 5.94. The Kier molecular flexibility index (Phi) is 5.74. The van der Waals surface area contributed by atoms with Crippen LogP contribution in [0.4, 0.5) is 4.79 Å². The molecule has 2 aromatic rings. The highest BCUT2D eigenvalue weighted by Crippen LogP contribution is 2.20. The quantitative estimate of drug-likeness (QED) is 0.847. The van der Waals surface area contributed by atoms with Crippen molar-refractivity contribution in [3.63, 3.8) is 0 Å². The van der Waals surface area contributed by atoms with Gasteiger partial charge >= 0.3 is 6.03 Å². The van der Waals surface area contributed by atoms with Crippen LogP contribution in [0, 0.1) is 0 Å². The third-order valence-electron chi connectivity index (χ3n) is 4.18. The van der Waals surface area contributed by atoms with Crippen molar-refractivity contribution in [2.45, 2.75) is 36.7 Å². The molecule has 1 aromatic carbocycles. The fraction of sp³-hybridized carbons (Fsp3) is 0.471. The Morgan fingerprint density at radius 1 is 1.17 bits per heavy atom. The molecule has 6 nitrogen and oxygen atoms in total. The van der Waals surface area contributed by atoms with Gasteiger partial charge in [-0.15, -0.1) is 10.2 Å². The van der Waals surface area contributed by atoms with Gasteiger partial charge in [-0.2, -0.15) is 0 Å². The van der Waals surface area contributed by atoms with Gasteiger partial charge in [-0.3, -0.25) is 0 Å². The van der Waals surface area contributed by atoms with Crippen LogP contribution in [0.3, 0.4) is 0 Å². The van der Waals surface area contributed by atoms with Gasteiger partial charge in [0.05, 0.1) is 6.54 Å². The largest absolute Gasteiger partial charge is 0.331 e. The molecular weight excluding hydrogens is 322 g/mol. The summed E-state index contributed by atoms with van der Waals surface area (Å²) < 4.78 is 1.95. The number of aromatic nitrogens is 3. The van der Waals surface area contributed by atoms with E-state index < -0.39 is 0 Å². The molecule has 1 aliphatic heterocycles. The lowest BCUT2D eigenvalue weighted by Crippen LogP contribution is -2.42. The first kappa shape index (κ1) is 16.8. The fourth-order valence-electron chi connectivity index (χ4n) is 2.71. The van der Waals surface area contributed by atoms with Crippen molar-refractivity contribution in [2.24, 2.45) is 7.05 Å². The number of carbonyl (C=O) groups is 1. The first-order valence-corrected chi connectivity index (χ1v) is 9.30. The van der Waals surface area contributed by atoms with Gasteiger partial charge < -0.3 is 14.8 Å². The zero-order valence-electron chi connectivity index (χ0n) is 13.9. The van der Waals surface area contributed by atoms with Crippen LogP contribution in [-0.4, -0.2) is 38.8 Å². The predicted molar refractivity (Wildman–Crippen MR) is 94.7 cm³/mol. The van der Waals surface area contributed by atoms with Gasteiger partial charge in [0.1, 0.15) is 0 Å². The Morgan fingerprint density at radius 3 is 2.67 bits per heavy atom. The second kappa shape index (κ2) is 8.19. The number of hydrogen-bond donors (Lipinski definition) is 1. The molecule has 128 valence electrons.